The summed E-state index contributed by atoms with van der Waals surface area (Å²) >= 11 is 0. The second-order valence-electron chi connectivity index (χ2n) is 2.78. The van der Waals surface area contributed by atoms with Crippen molar-refractivity contribution in [2.75, 3.05) is 0 Å². The van der Waals surface area contributed by atoms with Crippen molar-refractivity contribution in [2.24, 2.45) is 5.73 Å². The van der Waals surface area contributed by atoms with Gasteiger partial charge in [-0.2, -0.15) is 0 Å². The monoisotopic (exact) mass is 162 g/mol. The third-order valence-electron chi connectivity index (χ3n) is 1.58. The molecular weight excluding hydrogens is 150 g/mol. The van der Waals surface area contributed by atoms with Crippen LogP contribution in [-0.2, 0) is 17.8 Å². The van der Waals surface area contributed by atoms with Gasteiger partial charge in [-0.05, 0) is 24.1 Å². The average molecular weight is 162 g/mol. The van der Waals surface area contributed by atoms with Crippen LogP contribution in [0.4, 0.5) is 0 Å². The lowest BCUT2D eigenvalue weighted by molar-refractivity contribution is -0.116. The maximum Gasteiger partial charge on any atom is 0.134 e. The molecule has 1 rings (SSSR count). The highest BCUT2D eigenvalue weighted by atomic mass is 16.1. The van der Waals surface area contributed by atoms with E-state index in [1.165, 1.54) is 0 Å². The van der Waals surface area contributed by atoms with Crippen LogP contribution in [0.2, 0.25) is 0 Å². The lowest BCUT2D eigenvalue weighted by Crippen LogP contribution is -2.00. The van der Waals surface area contributed by atoms with E-state index in [-0.39, 0.29) is 5.78 Å². The van der Waals surface area contributed by atoms with E-state index in [0.29, 0.717) is 13.0 Å². The molecule has 2 nitrogen and oxygen atoms in total. The summed E-state index contributed by atoms with van der Waals surface area (Å²) in [4.78, 5) is 10.8. The van der Waals surface area contributed by atoms with Gasteiger partial charge in [-0.1, -0.05) is 18.2 Å². The van der Waals surface area contributed by atoms with E-state index in [0.717, 1.165) is 11.1 Å². The molecule has 12 heavy (non-hydrogen) atoms. The van der Waals surface area contributed by atoms with Crippen molar-refractivity contribution < 1.29 is 4.79 Å². The minimum absolute atomic E-state index is 0.153. The third-order valence-corrected chi connectivity index (χ3v) is 1.58. The Hall–Kier alpha value is -1.15. The van der Waals surface area contributed by atoms with Gasteiger partial charge in [-0.3, -0.25) is 4.79 Å². The van der Waals surface area contributed by atoms with E-state index in [1.807, 2.05) is 18.2 Å². The largest absolute Gasteiger partial charge is 0.326 e. The molecule has 0 bridgehead atoms. The molecule has 0 fully saturated rings. The Labute approximate surface area is 72.4 Å². The second-order valence-corrected chi connectivity index (χ2v) is 2.78. The Morgan fingerprint density at radius 3 is 2.75 bits per heavy atom. The summed E-state index contributed by atoms with van der Waals surface area (Å²) in [6.07, 6.45) is 0.452. The van der Waals surface area contributed by atoms with Crippen molar-refractivity contribution in [3.63, 3.8) is 0 Å². The fourth-order valence-corrected chi connectivity index (χ4v) is 1.06. The van der Waals surface area contributed by atoms with Gasteiger partial charge in [0.2, 0.25) is 0 Å². The summed E-state index contributed by atoms with van der Waals surface area (Å²) in [5.41, 5.74) is 7.31. The fourth-order valence-electron chi connectivity index (χ4n) is 1.06. The van der Waals surface area contributed by atoms with Crippen LogP contribution in [0.3, 0.4) is 0 Å². The van der Waals surface area contributed by atoms with Gasteiger partial charge >= 0.3 is 0 Å². The molecule has 1 aromatic rings. The summed E-state index contributed by atoms with van der Waals surface area (Å²) in [6, 6.07) is 8.78. The van der Waals surface area contributed by atoms with E-state index < -0.39 is 0 Å². The number of nitrogens with two attached hydrogens (primary N) is 1. The topological polar surface area (TPSA) is 43.1 Å². The third kappa shape index (κ3) is 2.47. The zero-order chi connectivity index (χ0) is 8.97. The molecule has 63 valence electrons. The fraction of sp³-hybridized carbons (Fsp3) is 0.300. The molecular formula is C10H12NO. The molecule has 0 spiro atoms. The molecule has 0 saturated heterocycles. The molecule has 0 aliphatic heterocycles. The van der Waals surface area contributed by atoms with Gasteiger partial charge < -0.3 is 5.73 Å². The Balaban J connectivity index is 2.79. The van der Waals surface area contributed by atoms with Crippen LogP contribution in [0.5, 0.6) is 0 Å². The number of hydrogen-bond acceptors (Lipinski definition) is 2. The van der Waals surface area contributed by atoms with Gasteiger partial charge in [0.25, 0.3) is 0 Å². The van der Waals surface area contributed by atoms with E-state index >= 15 is 0 Å². The first-order chi connectivity index (χ1) is 5.72. The second kappa shape index (κ2) is 4.02. The number of carbonyl (C=O) groups is 1. The molecule has 0 heterocycles. The Bertz CT molecular complexity index is 281. The van der Waals surface area contributed by atoms with Gasteiger partial charge in [0.15, 0.2) is 0 Å². The highest BCUT2D eigenvalue weighted by molar-refractivity contribution is 5.78. The first-order valence-electron chi connectivity index (χ1n) is 3.92. The summed E-state index contributed by atoms with van der Waals surface area (Å²) in [6.45, 7) is 2.05. The number of rotatable bonds is 3. The molecule has 0 aliphatic rings. The molecule has 1 aromatic carbocycles. The molecule has 0 aromatic heterocycles. The normalized spacial score (nSPS) is 9.83. The Kier molecular flexibility index (Phi) is 3.00. The molecule has 2 heteroatoms. The molecule has 0 aliphatic carbocycles. The SMILES string of the molecule is CC(=O)Cc1[c]c(CN)ccc1. The van der Waals surface area contributed by atoms with E-state index in [2.05, 4.69) is 6.07 Å². The number of ketones is 1. The van der Waals surface area contributed by atoms with Gasteiger partial charge in [0.05, 0.1) is 0 Å². The molecule has 0 saturated carbocycles. The van der Waals surface area contributed by atoms with Gasteiger partial charge in [-0.25, -0.2) is 0 Å². The lowest BCUT2D eigenvalue weighted by Gasteiger charge is -1.99. The van der Waals surface area contributed by atoms with Crippen molar-refractivity contribution in [3.05, 3.63) is 35.4 Å². The quantitative estimate of drug-likeness (QED) is 0.722. The van der Waals surface area contributed by atoms with Crippen molar-refractivity contribution in [3.8, 4) is 0 Å². The summed E-state index contributed by atoms with van der Waals surface area (Å²) in [7, 11) is 0. The van der Waals surface area contributed by atoms with Crippen LogP contribution >= 0.6 is 0 Å². The van der Waals surface area contributed by atoms with Gasteiger partial charge in [-0.15, -0.1) is 0 Å². The number of hydrogen-bond donors (Lipinski definition) is 1. The Morgan fingerprint density at radius 1 is 1.50 bits per heavy atom. The molecule has 0 atom stereocenters. The smallest absolute Gasteiger partial charge is 0.134 e. The molecule has 0 unspecified atom stereocenters. The van der Waals surface area contributed by atoms with Crippen LogP contribution < -0.4 is 5.73 Å². The molecule has 1 radical (unpaired) electrons. The van der Waals surface area contributed by atoms with Crippen LogP contribution in [0.25, 0.3) is 0 Å². The van der Waals surface area contributed by atoms with Crippen molar-refractivity contribution in [2.45, 2.75) is 19.9 Å². The molecule has 2 N–H and O–H groups in total. The number of carbonyl (C=O) groups excluding carboxylic acids is 1. The predicted molar refractivity (Wildman–Crippen MR) is 47.6 cm³/mol. The van der Waals surface area contributed by atoms with Gasteiger partial charge in [0, 0.05) is 13.0 Å². The van der Waals surface area contributed by atoms with Crippen molar-refractivity contribution >= 4 is 5.78 Å². The highest BCUT2D eigenvalue weighted by Crippen LogP contribution is 2.04. The zero-order valence-electron chi connectivity index (χ0n) is 7.13. The van der Waals surface area contributed by atoms with Crippen molar-refractivity contribution in [1.82, 2.24) is 0 Å². The summed E-state index contributed by atoms with van der Waals surface area (Å²) < 4.78 is 0. The minimum Gasteiger partial charge on any atom is -0.326 e. The maximum atomic E-state index is 10.8. The Morgan fingerprint density at radius 2 is 2.17 bits per heavy atom. The van der Waals surface area contributed by atoms with Crippen LogP contribution in [0.1, 0.15) is 18.1 Å². The van der Waals surface area contributed by atoms with Crippen LogP contribution in [-0.4, -0.2) is 5.78 Å². The number of benzene rings is 1. The van der Waals surface area contributed by atoms with E-state index in [1.54, 1.807) is 6.92 Å². The summed E-state index contributed by atoms with van der Waals surface area (Å²) in [5.74, 6) is 0.153. The standard InChI is InChI=1S/C10H12NO/c1-8(12)5-9-3-2-4-10(6-9)7-11/h2-4H,5,7,11H2,1H3. The van der Waals surface area contributed by atoms with Gasteiger partial charge in [0.1, 0.15) is 5.78 Å². The maximum absolute atomic E-state index is 10.8. The minimum atomic E-state index is 0.153. The zero-order valence-corrected chi connectivity index (χ0v) is 7.13. The lowest BCUT2D eigenvalue weighted by atomic mass is 10.1. The first-order valence-corrected chi connectivity index (χ1v) is 3.92. The van der Waals surface area contributed by atoms with Crippen molar-refractivity contribution in [1.29, 1.82) is 0 Å². The van der Waals surface area contributed by atoms with Crippen LogP contribution in [0.15, 0.2) is 18.2 Å². The van der Waals surface area contributed by atoms with E-state index in [9.17, 15) is 4.79 Å². The first kappa shape index (κ1) is 8.94. The summed E-state index contributed by atoms with van der Waals surface area (Å²) in [5, 5.41) is 0. The molecule has 0 amide bonds. The average Bonchev–Trinajstić information content (AvgIpc) is 2.03. The highest BCUT2D eigenvalue weighted by Gasteiger charge is 1.98. The van der Waals surface area contributed by atoms with E-state index in [4.69, 9.17) is 5.73 Å². The predicted octanol–water partition coefficient (Wildman–Crippen LogP) is 1.08. The van der Waals surface area contributed by atoms with Crippen LogP contribution in [0, 0.1) is 6.07 Å². The number of Topliss-reactive ketones (excluding diaryl/α,β-unsaturated/α-hetero) is 1.